The summed E-state index contributed by atoms with van der Waals surface area (Å²) in [6.07, 6.45) is 9.63. The van der Waals surface area contributed by atoms with Crippen molar-refractivity contribution in [1.82, 2.24) is 4.90 Å². The van der Waals surface area contributed by atoms with E-state index in [1.165, 1.54) is 19.3 Å². The predicted molar refractivity (Wildman–Crippen MR) is 66.6 cm³/mol. The summed E-state index contributed by atoms with van der Waals surface area (Å²) in [6.45, 7) is 1.74. The number of rotatable bonds is 3. The van der Waals surface area contributed by atoms with Crippen molar-refractivity contribution < 1.29 is 9.59 Å². The molecule has 1 heterocycles. The molecule has 1 saturated carbocycles. The van der Waals surface area contributed by atoms with Gasteiger partial charge >= 0.3 is 0 Å². The van der Waals surface area contributed by atoms with Crippen LogP contribution in [0, 0.1) is 11.8 Å². The number of piperidine rings is 1. The van der Waals surface area contributed by atoms with E-state index >= 15 is 0 Å². The average molecular weight is 237 g/mol. The second-order valence-electron chi connectivity index (χ2n) is 5.51. The Kier molecular flexibility index (Phi) is 4.57. The molecule has 0 atom stereocenters. The molecule has 0 unspecified atom stereocenters. The van der Waals surface area contributed by atoms with Crippen molar-refractivity contribution >= 4 is 12.2 Å². The van der Waals surface area contributed by atoms with Crippen LogP contribution >= 0.6 is 0 Å². The van der Waals surface area contributed by atoms with Gasteiger partial charge in [0.05, 0.1) is 0 Å². The van der Waals surface area contributed by atoms with Crippen LogP contribution in [0.2, 0.25) is 0 Å². The third-order valence-corrected chi connectivity index (χ3v) is 4.31. The number of carbonyl (C=O) groups is 2. The molecule has 3 nitrogen and oxygen atoms in total. The summed E-state index contributed by atoms with van der Waals surface area (Å²) in [6, 6.07) is 0. The smallest absolute Gasteiger partial charge is 0.225 e. The molecule has 3 heteroatoms. The molecule has 0 aromatic carbocycles. The molecule has 1 aliphatic carbocycles. The summed E-state index contributed by atoms with van der Waals surface area (Å²) in [5, 5.41) is 0. The molecule has 1 aliphatic heterocycles. The third-order valence-electron chi connectivity index (χ3n) is 4.31. The molecule has 96 valence electrons. The number of hydrogen-bond donors (Lipinski definition) is 0. The maximum atomic E-state index is 12.3. The summed E-state index contributed by atoms with van der Waals surface area (Å²) in [4.78, 5) is 24.8. The van der Waals surface area contributed by atoms with Crippen LogP contribution in [0.15, 0.2) is 0 Å². The van der Waals surface area contributed by atoms with Gasteiger partial charge in [-0.25, -0.2) is 0 Å². The normalized spacial score (nSPS) is 23.6. The summed E-state index contributed by atoms with van der Waals surface area (Å²) in [7, 11) is 0. The van der Waals surface area contributed by atoms with E-state index < -0.39 is 0 Å². The fourth-order valence-electron chi connectivity index (χ4n) is 3.13. The first-order valence-corrected chi connectivity index (χ1v) is 7.03. The van der Waals surface area contributed by atoms with Crippen LogP contribution in [-0.2, 0) is 9.59 Å². The fourth-order valence-corrected chi connectivity index (χ4v) is 3.13. The van der Waals surface area contributed by atoms with Crippen molar-refractivity contribution in [3.05, 3.63) is 0 Å². The molecule has 2 fully saturated rings. The minimum Gasteiger partial charge on any atom is -0.342 e. The molecule has 0 aromatic heterocycles. The highest BCUT2D eigenvalue weighted by molar-refractivity contribution is 5.79. The Morgan fingerprint density at radius 3 is 2.29 bits per heavy atom. The van der Waals surface area contributed by atoms with Gasteiger partial charge in [0, 0.05) is 25.4 Å². The van der Waals surface area contributed by atoms with Crippen LogP contribution in [0.4, 0.5) is 0 Å². The predicted octanol–water partition coefficient (Wildman–Crippen LogP) is 2.39. The van der Waals surface area contributed by atoms with Gasteiger partial charge in [-0.3, -0.25) is 4.79 Å². The van der Waals surface area contributed by atoms with Gasteiger partial charge < -0.3 is 9.69 Å². The average Bonchev–Trinajstić information content (AvgIpc) is 2.40. The van der Waals surface area contributed by atoms with Crippen molar-refractivity contribution in [2.75, 3.05) is 13.1 Å². The Labute approximate surface area is 104 Å². The molecule has 0 radical (unpaired) electrons. The van der Waals surface area contributed by atoms with Gasteiger partial charge in [-0.2, -0.15) is 0 Å². The lowest BCUT2D eigenvalue weighted by Crippen LogP contribution is -2.42. The van der Waals surface area contributed by atoms with Crippen molar-refractivity contribution in [3.63, 3.8) is 0 Å². The minimum absolute atomic E-state index is 0.298. The minimum atomic E-state index is 0.298. The Balaban J connectivity index is 1.79. The topological polar surface area (TPSA) is 37.4 Å². The second-order valence-corrected chi connectivity index (χ2v) is 5.51. The Morgan fingerprint density at radius 2 is 1.71 bits per heavy atom. The van der Waals surface area contributed by atoms with E-state index in [2.05, 4.69) is 0 Å². The third kappa shape index (κ3) is 3.30. The number of amides is 1. The maximum absolute atomic E-state index is 12.3. The van der Waals surface area contributed by atoms with Crippen molar-refractivity contribution in [3.8, 4) is 0 Å². The van der Waals surface area contributed by atoms with E-state index in [1.807, 2.05) is 4.90 Å². The molecule has 0 bridgehead atoms. The molecule has 2 aliphatic rings. The molecule has 17 heavy (non-hydrogen) atoms. The zero-order chi connectivity index (χ0) is 12.1. The number of hydrogen-bond acceptors (Lipinski definition) is 2. The highest BCUT2D eigenvalue weighted by Crippen LogP contribution is 2.27. The molecule has 0 N–H and O–H groups in total. The lowest BCUT2D eigenvalue weighted by molar-refractivity contribution is -0.138. The highest BCUT2D eigenvalue weighted by Gasteiger charge is 2.28. The summed E-state index contributed by atoms with van der Waals surface area (Å²) < 4.78 is 0. The van der Waals surface area contributed by atoms with E-state index in [0.717, 1.165) is 45.1 Å². The largest absolute Gasteiger partial charge is 0.342 e. The van der Waals surface area contributed by atoms with E-state index in [-0.39, 0.29) is 0 Å². The van der Waals surface area contributed by atoms with Crippen LogP contribution in [0.25, 0.3) is 0 Å². The monoisotopic (exact) mass is 237 g/mol. The van der Waals surface area contributed by atoms with Gasteiger partial charge in [0.25, 0.3) is 0 Å². The standard InChI is InChI=1S/C14H23NO2/c16-11-8-12-6-9-15(10-7-12)14(17)13-4-2-1-3-5-13/h11-13H,1-10H2. The van der Waals surface area contributed by atoms with E-state index in [9.17, 15) is 9.59 Å². The Bertz CT molecular complexity index is 263. The summed E-state index contributed by atoms with van der Waals surface area (Å²) >= 11 is 0. The molecular formula is C14H23NO2. The van der Waals surface area contributed by atoms with Gasteiger partial charge in [-0.1, -0.05) is 19.3 Å². The van der Waals surface area contributed by atoms with Gasteiger partial charge in [-0.05, 0) is 31.6 Å². The van der Waals surface area contributed by atoms with E-state index in [1.54, 1.807) is 0 Å². The lowest BCUT2D eigenvalue weighted by atomic mass is 9.87. The molecular weight excluding hydrogens is 214 g/mol. The van der Waals surface area contributed by atoms with Crippen LogP contribution in [-0.4, -0.2) is 30.2 Å². The SMILES string of the molecule is O=CCC1CCN(C(=O)C2CCCCC2)CC1. The number of likely N-dealkylation sites (tertiary alicyclic amines) is 1. The molecule has 1 saturated heterocycles. The van der Waals surface area contributed by atoms with Gasteiger partial charge in [0.1, 0.15) is 6.29 Å². The molecule has 0 spiro atoms. The number of nitrogens with zero attached hydrogens (tertiary/aromatic N) is 1. The first kappa shape index (κ1) is 12.6. The Morgan fingerprint density at radius 1 is 1.06 bits per heavy atom. The van der Waals surface area contributed by atoms with Crippen LogP contribution in [0.5, 0.6) is 0 Å². The molecule has 0 aromatic rings. The number of aldehydes is 1. The lowest BCUT2D eigenvalue weighted by Gasteiger charge is -2.34. The summed E-state index contributed by atoms with van der Waals surface area (Å²) in [5.41, 5.74) is 0. The highest BCUT2D eigenvalue weighted by atomic mass is 16.2. The molecule has 1 amide bonds. The Hall–Kier alpha value is -0.860. The quantitative estimate of drug-likeness (QED) is 0.707. The second kappa shape index (κ2) is 6.18. The van der Waals surface area contributed by atoms with E-state index in [0.29, 0.717) is 24.2 Å². The fraction of sp³-hybridized carbons (Fsp3) is 0.857. The van der Waals surface area contributed by atoms with Crippen molar-refractivity contribution in [2.45, 2.75) is 51.4 Å². The summed E-state index contributed by atoms with van der Waals surface area (Å²) in [5.74, 6) is 1.20. The van der Waals surface area contributed by atoms with Gasteiger partial charge in [-0.15, -0.1) is 0 Å². The molecule has 2 rings (SSSR count). The van der Waals surface area contributed by atoms with Gasteiger partial charge in [0.15, 0.2) is 0 Å². The van der Waals surface area contributed by atoms with Crippen molar-refractivity contribution in [2.24, 2.45) is 11.8 Å². The zero-order valence-corrected chi connectivity index (χ0v) is 10.6. The first-order chi connectivity index (χ1) is 8.31. The van der Waals surface area contributed by atoms with Crippen molar-refractivity contribution in [1.29, 1.82) is 0 Å². The zero-order valence-electron chi connectivity index (χ0n) is 10.6. The van der Waals surface area contributed by atoms with Gasteiger partial charge in [0.2, 0.25) is 5.91 Å². The number of carbonyl (C=O) groups excluding carboxylic acids is 2. The van der Waals surface area contributed by atoms with Crippen LogP contribution in [0.3, 0.4) is 0 Å². The van der Waals surface area contributed by atoms with Crippen LogP contribution < -0.4 is 0 Å². The van der Waals surface area contributed by atoms with Crippen LogP contribution in [0.1, 0.15) is 51.4 Å². The van der Waals surface area contributed by atoms with E-state index in [4.69, 9.17) is 0 Å². The maximum Gasteiger partial charge on any atom is 0.225 e. The first-order valence-electron chi connectivity index (χ1n) is 7.03.